The average molecular weight is 162 g/mol. The van der Waals surface area contributed by atoms with Gasteiger partial charge in [0.05, 0.1) is 24.2 Å². The van der Waals surface area contributed by atoms with Gasteiger partial charge in [-0.25, -0.2) is 4.98 Å². The summed E-state index contributed by atoms with van der Waals surface area (Å²) in [4.78, 5) is 3.99. The Balaban J connectivity index is 2.38. The minimum absolute atomic E-state index is 0.315. The number of nitrogens with zero attached hydrogens (tertiary/aromatic N) is 2. The Kier molecular flexibility index (Phi) is 0.935. The Bertz CT molecular complexity index is 398. The zero-order chi connectivity index (χ0) is 7.97. The van der Waals surface area contributed by atoms with Gasteiger partial charge < -0.3 is 13.9 Å². The lowest BCUT2D eigenvalue weighted by atomic mass is 10.4. The van der Waals surface area contributed by atoms with Crippen LogP contribution in [0.5, 0.6) is 11.5 Å². The van der Waals surface area contributed by atoms with Crippen LogP contribution in [0.2, 0.25) is 0 Å². The molecule has 0 unspecified atom stereocenters. The van der Waals surface area contributed by atoms with Crippen molar-refractivity contribution in [1.29, 1.82) is 0 Å². The lowest BCUT2D eigenvalue weighted by Gasteiger charge is -1.96. The molecule has 0 saturated heterocycles. The Morgan fingerprint density at radius 2 is 2.25 bits per heavy atom. The van der Waals surface area contributed by atoms with Crippen molar-refractivity contribution in [3.63, 3.8) is 0 Å². The van der Waals surface area contributed by atoms with Crippen molar-refractivity contribution in [2.45, 2.75) is 0 Å². The van der Waals surface area contributed by atoms with Gasteiger partial charge in [-0.3, -0.25) is 0 Å². The third-order valence-corrected chi connectivity index (χ3v) is 1.90. The quantitative estimate of drug-likeness (QED) is 0.581. The van der Waals surface area contributed by atoms with Gasteiger partial charge in [-0.05, 0) is 0 Å². The Labute approximate surface area is 68.4 Å². The molecule has 0 aliphatic carbocycles. The van der Waals surface area contributed by atoms with Crippen LogP contribution in [0.25, 0.3) is 5.52 Å². The van der Waals surface area contributed by atoms with Crippen LogP contribution in [0.3, 0.4) is 0 Å². The van der Waals surface area contributed by atoms with Gasteiger partial charge in [0.1, 0.15) is 0 Å². The van der Waals surface area contributed by atoms with E-state index in [0.29, 0.717) is 6.79 Å². The predicted octanol–water partition coefficient (Wildman–Crippen LogP) is 1.06. The van der Waals surface area contributed by atoms with Crippen molar-refractivity contribution < 1.29 is 9.47 Å². The van der Waals surface area contributed by atoms with E-state index in [2.05, 4.69) is 4.98 Å². The molecule has 0 aromatic carbocycles. The Morgan fingerprint density at radius 3 is 3.25 bits per heavy atom. The second-order valence-electron chi connectivity index (χ2n) is 2.63. The molecule has 0 bridgehead atoms. The molecule has 0 spiro atoms. The van der Waals surface area contributed by atoms with Crippen LogP contribution in [0.15, 0.2) is 24.8 Å². The molecule has 2 aromatic rings. The summed E-state index contributed by atoms with van der Waals surface area (Å²) in [5, 5.41) is 0. The van der Waals surface area contributed by atoms with E-state index in [1.54, 1.807) is 12.5 Å². The van der Waals surface area contributed by atoms with E-state index in [-0.39, 0.29) is 0 Å². The van der Waals surface area contributed by atoms with Crippen molar-refractivity contribution in [2.75, 3.05) is 6.79 Å². The molecule has 3 heterocycles. The summed E-state index contributed by atoms with van der Waals surface area (Å²) in [6, 6.07) is 1.91. The molecule has 0 fully saturated rings. The fourth-order valence-electron chi connectivity index (χ4n) is 1.31. The number of fused-ring (bicyclic) bond motifs is 2. The number of aromatic nitrogens is 2. The van der Waals surface area contributed by atoms with Gasteiger partial charge in [-0.15, -0.1) is 0 Å². The fourth-order valence-corrected chi connectivity index (χ4v) is 1.31. The second kappa shape index (κ2) is 1.91. The van der Waals surface area contributed by atoms with E-state index >= 15 is 0 Å². The number of imidazole rings is 1. The zero-order valence-electron chi connectivity index (χ0n) is 6.23. The summed E-state index contributed by atoms with van der Waals surface area (Å²) in [6.07, 6.45) is 5.38. The molecule has 1 aliphatic rings. The van der Waals surface area contributed by atoms with Gasteiger partial charge in [0.15, 0.2) is 11.5 Å². The number of ether oxygens (including phenoxy) is 2. The fraction of sp³-hybridized carbons (Fsp3) is 0.125. The summed E-state index contributed by atoms with van der Waals surface area (Å²) in [6.45, 7) is 0.315. The molecule has 12 heavy (non-hydrogen) atoms. The van der Waals surface area contributed by atoms with E-state index in [4.69, 9.17) is 9.47 Å². The van der Waals surface area contributed by atoms with Gasteiger partial charge in [0, 0.05) is 6.07 Å². The molecule has 1 aliphatic heterocycles. The van der Waals surface area contributed by atoms with E-state index in [1.807, 2.05) is 16.7 Å². The minimum atomic E-state index is 0.315. The number of rotatable bonds is 0. The molecule has 4 nitrogen and oxygen atoms in total. The molecule has 0 radical (unpaired) electrons. The number of pyridine rings is 1. The first kappa shape index (κ1) is 5.88. The molecule has 2 aromatic heterocycles. The van der Waals surface area contributed by atoms with E-state index in [0.717, 1.165) is 17.0 Å². The Hall–Kier alpha value is -1.71. The van der Waals surface area contributed by atoms with Crippen molar-refractivity contribution in [2.24, 2.45) is 0 Å². The molecule has 0 saturated carbocycles. The highest BCUT2D eigenvalue weighted by Crippen LogP contribution is 2.32. The van der Waals surface area contributed by atoms with Gasteiger partial charge in [0.25, 0.3) is 0 Å². The summed E-state index contributed by atoms with van der Waals surface area (Å²) < 4.78 is 12.3. The predicted molar refractivity (Wildman–Crippen MR) is 41.3 cm³/mol. The molecule has 0 N–H and O–H groups in total. The van der Waals surface area contributed by atoms with Crippen LogP contribution in [0.4, 0.5) is 0 Å². The topological polar surface area (TPSA) is 35.8 Å². The molecule has 4 heteroatoms. The van der Waals surface area contributed by atoms with Crippen molar-refractivity contribution in [3.8, 4) is 11.5 Å². The highest BCUT2D eigenvalue weighted by Gasteiger charge is 2.13. The number of hydrogen-bond acceptors (Lipinski definition) is 3. The van der Waals surface area contributed by atoms with Crippen LogP contribution >= 0.6 is 0 Å². The maximum atomic E-state index is 5.21. The van der Waals surface area contributed by atoms with E-state index in [1.165, 1.54) is 0 Å². The monoisotopic (exact) mass is 162 g/mol. The highest BCUT2D eigenvalue weighted by atomic mass is 16.7. The standard InChI is InChI=1S/C8H6N2O2/c1-6-2-9-4-10(6)3-8-7(1)11-5-12-8/h1-4H,5H2. The van der Waals surface area contributed by atoms with E-state index < -0.39 is 0 Å². The minimum Gasteiger partial charge on any atom is -0.453 e. The molecule has 3 rings (SSSR count). The first-order chi connectivity index (χ1) is 5.93. The molecule has 60 valence electrons. The second-order valence-corrected chi connectivity index (χ2v) is 2.63. The third kappa shape index (κ3) is 0.637. The first-order valence-electron chi connectivity index (χ1n) is 3.65. The van der Waals surface area contributed by atoms with Gasteiger partial charge in [-0.2, -0.15) is 0 Å². The van der Waals surface area contributed by atoms with Gasteiger partial charge in [-0.1, -0.05) is 0 Å². The van der Waals surface area contributed by atoms with Gasteiger partial charge >= 0.3 is 0 Å². The summed E-state index contributed by atoms with van der Waals surface area (Å²) in [7, 11) is 0. The van der Waals surface area contributed by atoms with Crippen LogP contribution < -0.4 is 9.47 Å². The molecular formula is C8H6N2O2. The average Bonchev–Trinajstić information content (AvgIpc) is 2.64. The van der Waals surface area contributed by atoms with Crippen LogP contribution in [-0.2, 0) is 0 Å². The molecule has 0 atom stereocenters. The largest absolute Gasteiger partial charge is 0.453 e. The molecule has 0 amide bonds. The van der Waals surface area contributed by atoms with Crippen molar-refractivity contribution >= 4 is 5.52 Å². The lowest BCUT2D eigenvalue weighted by molar-refractivity contribution is 0.173. The van der Waals surface area contributed by atoms with Crippen molar-refractivity contribution in [3.05, 3.63) is 24.8 Å². The summed E-state index contributed by atoms with van der Waals surface area (Å²) >= 11 is 0. The first-order valence-corrected chi connectivity index (χ1v) is 3.65. The van der Waals surface area contributed by atoms with E-state index in [9.17, 15) is 0 Å². The summed E-state index contributed by atoms with van der Waals surface area (Å²) in [5.74, 6) is 1.57. The maximum Gasteiger partial charge on any atom is 0.231 e. The normalized spacial score (nSPS) is 14.0. The lowest BCUT2D eigenvalue weighted by Crippen LogP contribution is -1.92. The molecular weight excluding hydrogens is 156 g/mol. The summed E-state index contributed by atoms with van der Waals surface area (Å²) in [5.41, 5.74) is 1.01. The van der Waals surface area contributed by atoms with Crippen LogP contribution in [-0.4, -0.2) is 16.2 Å². The third-order valence-electron chi connectivity index (χ3n) is 1.90. The van der Waals surface area contributed by atoms with Gasteiger partial charge in [0.2, 0.25) is 6.79 Å². The van der Waals surface area contributed by atoms with Crippen molar-refractivity contribution in [1.82, 2.24) is 9.38 Å². The Morgan fingerprint density at radius 1 is 1.33 bits per heavy atom. The number of hydrogen-bond donors (Lipinski definition) is 0. The highest BCUT2D eigenvalue weighted by molar-refractivity contribution is 5.55. The smallest absolute Gasteiger partial charge is 0.231 e. The SMILES string of the molecule is c1ncn2cc3c(cc12)OCO3. The van der Waals surface area contributed by atoms with Crippen LogP contribution in [0.1, 0.15) is 0 Å². The maximum absolute atomic E-state index is 5.21. The zero-order valence-corrected chi connectivity index (χ0v) is 6.23. The van der Waals surface area contributed by atoms with Crippen LogP contribution in [0, 0.1) is 0 Å².